The van der Waals surface area contributed by atoms with Crippen LogP contribution in [-0.4, -0.2) is 38.7 Å². The number of nitro groups is 1. The molecule has 1 aliphatic rings. The molecule has 3 rings (SSSR count). The van der Waals surface area contributed by atoms with Gasteiger partial charge in [0, 0.05) is 37.1 Å². The van der Waals surface area contributed by atoms with Crippen LogP contribution in [-0.2, 0) is 16.3 Å². The molecule has 2 aromatic rings. The average molecular weight is 389 g/mol. The van der Waals surface area contributed by atoms with Crippen molar-refractivity contribution in [3.05, 3.63) is 58.1 Å². The summed E-state index contributed by atoms with van der Waals surface area (Å²) >= 11 is 0. The van der Waals surface area contributed by atoms with Gasteiger partial charge in [-0.05, 0) is 43.5 Å². The van der Waals surface area contributed by atoms with E-state index in [0.717, 1.165) is 25.2 Å². The van der Waals surface area contributed by atoms with Gasteiger partial charge in [-0.1, -0.05) is 18.2 Å². The lowest BCUT2D eigenvalue weighted by Crippen LogP contribution is -2.40. The number of fused-ring (bicyclic) bond motifs is 1. The Hall–Kier alpha value is -2.61. The van der Waals surface area contributed by atoms with E-state index in [1.165, 1.54) is 23.4 Å². The second-order valence-electron chi connectivity index (χ2n) is 6.84. The van der Waals surface area contributed by atoms with Gasteiger partial charge in [0.05, 0.1) is 9.82 Å². The number of rotatable bonds is 6. The average Bonchev–Trinajstić information content (AvgIpc) is 2.62. The molecule has 144 valence electrons. The van der Waals surface area contributed by atoms with Crippen LogP contribution in [0.3, 0.4) is 0 Å². The summed E-state index contributed by atoms with van der Waals surface area (Å²) in [6, 6.07) is 12.7. The second-order valence-corrected chi connectivity index (χ2v) is 8.86. The minimum absolute atomic E-state index is 0.0571. The maximum Gasteiger partial charge on any atom is 0.293 e. The molecule has 0 unspecified atom stereocenters. The van der Waals surface area contributed by atoms with Crippen molar-refractivity contribution in [2.75, 3.05) is 29.6 Å². The number of sulfone groups is 1. The summed E-state index contributed by atoms with van der Waals surface area (Å²) in [4.78, 5) is 13.0. The Kier molecular flexibility index (Phi) is 5.36. The van der Waals surface area contributed by atoms with Crippen molar-refractivity contribution in [3.63, 3.8) is 0 Å². The largest absolute Gasteiger partial charge is 0.378 e. The van der Waals surface area contributed by atoms with Crippen molar-refractivity contribution in [2.45, 2.75) is 30.7 Å². The van der Waals surface area contributed by atoms with E-state index in [4.69, 9.17) is 0 Å². The van der Waals surface area contributed by atoms with Crippen LogP contribution >= 0.6 is 0 Å². The smallest absolute Gasteiger partial charge is 0.293 e. The zero-order valence-corrected chi connectivity index (χ0v) is 16.2. The summed E-state index contributed by atoms with van der Waals surface area (Å²) in [6.45, 7) is 3.39. The first-order valence-corrected chi connectivity index (χ1v) is 10.7. The number of anilines is 2. The van der Waals surface area contributed by atoms with Crippen LogP contribution in [0.2, 0.25) is 0 Å². The van der Waals surface area contributed by atoms with Crippen LogP contribution in [0, 0.1) is 10.1 Å². The highest BCUT2D eigenvalue weighted by Gasteiger charge is 2.23. The Morgan fingerprint density at radius 1 is 1.26 bits per heavy atom. The molecule has 0 radical (unpaired) electrons. The lowest BCUT2D eigenvalue weighted by molar-refractivity contribution is -0.384. The van der Waals surface area contributed by atoms with Crippen molar-refractivity contribution < 1.29 is 13.3 Å². The third-order valence-corrected chi connectivity index (χ3v) is 6.04. The third-order valence-electron chi connectivity index (χ3n) is 4.93. The zero-order chi connectivity index (χ0) is 19.6. The number of hydrogen-bond acceptors (Lipinski definition) is 6. The quantitative estimate of drug-likeness (QED) is 0.602. The molecule has 1 atom stereocenters. The zero-order valence-electron chi connectivity index (χ0n) is 15.4. The summed E-state index contributed by atoms with van der Waals surface area (Å²) in [5, 5.41) is 14.4. The fourth-order valence-corrected chi connectivity index (χ4v) is 4.10. The van der Waals surface area contributed by atoms with Gasteiger partial charge in [0.15, 0.2) is 9.84 Å². The monoisotopic (exact) mass is 389 g/mol. The molecule has 1 N–H and O–H groups in total. The van der Waals surface area contributed by atoms with Gasteiger partial charge in [0.1, 0.15) is 5.69 Å². The van der Waals surface area contributed by atoms with Gasteiger partial charge in [0.2, 0.25) is 0 Å². The molecule has 0 spiro atoms. The molecule has 7 nitrogen and oxygen atoms in total. The Bertz CT molecular complexity index is 959. The second kappa shape index (κ2) is 7.56. The first kappa shape index (κ1) is 19.2. The minimum Gasteiger partial charge on any atom is -0.378 e. The molecular formula is C19H23N3O4S. The van der Waals surface area contributed by atoms with Crippen LogP contribution in [0.1, 0.15) is 18.9 Å². The van der Waals surface area contributed by atoms with Gasteiger partial charge in [-0.15, -0.1) is 0 Å². The first-order chi connectivity index (χ1) is 12.8. The van der Waals surface area contributed by atoms with Crippen molar-refractivity contribution in [3.8, 4) is 0 Å². The van der Waals surface area contributed by atoms with E-state index in [0.29, 0.717) is 24.8 Å². The van der Waals surface area contributed by atoms with Crippen LogP contribution in [0.5, 0.6) is 0 Å². The molecular weight excluding hydrogens is 366 g/mol. The van der Waals surface area contributed by atoms with Crippen molar-refractivity contribution in [2.24, 2.45) is 0 Å². The lowest BCUT2D eigenvalue weighted by atomic mass is 9.97. The predicted octanol–water partition coefficient (Wildman–Crippen LogP) is 3.25. The maximum absolute atomic E-state index is 11.6. The molecule has 2 aromatic carbocycles. The molecule has 8 heteroatoms. The molecule has 0 saturated heterocycles. The fraction of sp³-hybridized carbons (Fsp3) is 0.368. The molecule has 0 amide bonds. The van der Waals surface area contributed by atoms with E-state index < -0.39 is 14.8 Å². The molecule has 1 aliphatic heterocycles. The van der Waals surface area contributed by atoms with Crippen LogP contribution in [0.4, 0.5) is 17.1 Å². The number of para-hydroxylation sites is 1. The van der Waals surface area contributed by atoms with Gasteiger partial charge < -0.3 is 10.2 Å². The van der Waals surface area contributed by atoms with E-state index in [9.17, 15) is 18.5 Å². The Labute approximate surface area is 159 Å². The van der Waals surface area contributed by atoms with E-state index in [1.54, 1.807) is 0 Å². The van der Waals surface area contributed by atoms with E-state index in [1.807, 2.05) is 12.1 Å². The number of nitrogens with zero attached hydrogens (tertiary/aromatic N) is 2. The van der Waals surface area contributed by atoms with E-state index in [2.05, 4.69) is 29.3 Å². The lowest BCUT2D eigenvalue weighted by Gasteiger charge is -2.37. The highest BCUT2D eigenvalue weighted by Crippen LogP contribution is 2.31. The Balaban J connectivity index is 1.75. The van der Waals surface area contributed by atoms with Gasteiger partial charge in [-0.25, -0.2) is 8.42 Å². The SMILES string of the molecule is C[C@@H]1CCc2ccccc2N1CCNc1ccc(S(C)(=O)=O)cc1[N+](=O)[O-]. The van der Waals surface area contributed by atoms with Crippen molar-refractivity contribution in [1.82, 2.24) is 0 Å². The standard InChI is InChI=1S/C19H23N3O4S/c1-14-7-8-15-5-3-4-6-18(15)21(14)12-11-20-17-10-9-16(27(2,25)26)13-19(17)22(23)24/h3-6,9-10,13-14,20H,7-8,11-12H2,1-2H3/t14-/m1/s1. The fourth-order valence-electron chi connectivity index (χ4n) is 3.45. The summed E-state index contributed by atoms with van der Waals surface area (Å²) in [5.41, 5.74) is 2.62. The van der Waals surface area contributed by atoms with Crippen LogP contribution < -0.4 is 10.2 Å². The summed E-state index contributed by atoms with van der Waals surface area (Å²) < 4.78 is 23.3. The first-order valence-electron chi connectivity index (χ1n) is 8.84. The minimum atomic E-state index is -3.49. The maximum atomic E-state index is 11.6. The number of nitrogens with one attached hydrogen (secondary N) is 1. The Morgan fingerprint density at radius 3 is 2.70 bits per heavy atom. The summed E-state index contributed by atoms with van der Waals surface area (Å²) in [6.07, 6.45) is 3.16. The highest BCUT2D eigenvalue weighted by atomic mass is 32.2. The molecule has 0 aliphatic carbocycles. The molecule has 0 aromatic heterocycles. The molecule has 0 fully saturated rings. The summed E-state index contributed by atoms with van der Waals surface area (Å²) in [5.74, 6) is 0. The van der Waals surface area contributed by atoms with Crippen molar-refractivity contribution >= 4 is 26.9 Å². The molecule has 1 heterocycles. The normalized spacial score (nSPS) is 16.7. The molecule has 0 saturated carbocycles. The van der Waals surface area contributed by atoms with Gasteiger partial charge >= 0.3 is 0 Å². The van der Waals surface area contributed by atoms with Crippen molar-refractivity contribution in [1.29, 1.82) is 0 Å². The number of benzene rings is 2. The van der Waals surface area contributed by atoms with Crippen LogP contribution in [0.25, 0.3) is 0 Å². The highest BCUT2D eigenvalue weighted by molar-refractivity contribution is 7.90. The number of nitro benzene ring substituents is 1. The van der Waals surface area contributed by atoms with Gasteiger partial charge in [-0.2, -0.15) is 0 Å². The number of aryl methyl sites for hydroxylation is 1. The van der Waals surface area contributed by atoms with Gasteiger partial charge in [-0.3, -0.25) is 10.1 Å². The summed E-state index contributed by atoms with van der Waals surface area (Å²) in [7, 11) is -3.49. The molecule has 0 bridgehead atoms. The van der Waals surface area contributed by atoms with E-state index in [-0.39, 0.29) is 10.6 Å². The Morgan fingerprint density at radius 2 is 2.00 bits per heavy atom. The van der Waals surface area contributed by atoms with Crippen LogP contribution in [0.15, 0.2) is 47.4 Å². The number of hydrogen-bond donors (Lipinski definition) is 1. The predicted molar refractivity (Wildman–Crippen MR) is 106 cm³/mol. The van der Waals surface area contributed by atoms with Gasteiger partial charge in [0.25, 0.3) is 5.69 Å². The molecule has 27 heavy (non-hydrogen) atoms. The third kappa shape index (κ3) is 4.21. The van der Waals surface area contributed by atoms with E-state index >= 15 is 0 Å². The topological polar surface area (TPSA) is 92.6 Å².